The van der Waals surface area contributed by atoms with E-state index >= 15 is 0 Å². The number of alkyl halides is 5. The quantitative estimate of drug-likeness (QED) is 0.364. The van der Waals surface area contributed by atoms with E-state index in [0.717, 1.165) is 0 Å². The van der Waals surface area contributed by atoms with Gasteiger partial charge in [0.25, 0.3) is 5.92 Å². The number of amides is 1. The zero-order valence-electron chi connectivity index (χ0n) is 16.0. The van der Waals surface area contributed by atoms with E-state index in [-0.39, 0.29) is 10.6 Å². The molecule has 0 radical (unpaired) electrons. The summed E-state index contributed by atoms with van der Waals surface area (Å²) >= 11 is 5.85. The fourth-order valence-electron chi connectivity index (χ4n) is 2.85. The first-order chi connectivity index (χ1) is 13.4. The highest BCUT2D eigenvalue weighted by molar-refractivity contribution is 7.87. The number of rotatable bonds is 4. The van der Waals surface area contributed by atoms with Crippen LogP contribution in [0.3, 0.4) is 0 Å². The van der Waals surface area contributed by atoms with Crippen LogP contribution in [0.4, 0.5) is 26.7 Å². The van der Waals surface area contributed by atoms with Gasteiger partial charge in [-0.2, -0.15) is 21.6 Å². The molecule has 30 heavy (non-hydrogen) atoms. The Balaban J connectivity index is 2.46. The largest absolute Gasteiger partial charge is 0.523 e. The maximum Gasteiger partial charge on any atom is 0.523 e. The number of halogens is 6. The Bertz CT molecular complexity index is 901. The highest BCUT2D eigenvalue weighted by atomic mass is 35.5. The molecule has 0 aromatic heterocycles. The van der Waals surface area contributed by atoms with Crippen LogP contribution in [0.5, 0.6) is 0 Å². The van der Waals surface area contributed by atoms with Crippen LogP contribution in [0.25, 0.3) is 0 Å². The lowest BCUT2D eigenvalue weighted by molar-refractivity contribution is -0.0902. The second kappa shape index (κ2) is 8.12. The fourth-order valence-corrected chi connectivity index (χ4v) is 3.71. The summed E-state index contributed by atoms with van der Waals surface area (Å²) in [5, 5.41) is 0.210. The summed E-state index contributed by atoms with van der Waals surface area (Å²) in [6, 6.07) is 3.95. The van der Waals surface area contributed by atoms with Crippen molar-refractivity contribution < 1.29 is 44.1 Å². The smallest absolute Gasteiger partial charge is 0.444 e. The van der Waals surface area contributed by atoms with Gasteiger partial charge >= 0.3 is 21.7 Å². The topological polar surface area (TPSA) is 72.9 Å². The minimum atomic E-state index is -6.35. The number of hydrogen-bond acceptors (Lipinski definition) is 5. The molecule has 1 fully saturated rings. The number of benzene rings is 1. The van der Waals surface area contributed by atoms with Crippen LogP contribution < -0.4 is 0 Å². The normalized spacial score (nSPS) is 22.2. The van der Waals surface area contributed by atoms with Crippen molar-refractivity contribution in [1.82, 2.24) is 4.90 Å². The van der Waals surface area contributed by atoms with Crippen molar-refractivity contribution in [3.63, 3.8) is 0 Å². The molecule has 0 spiro atoms. The van der Waals surface area contributed by atoms with Gasteiger partial charge < -0.3 is 4.74 Å². The molecule has 170 valence electrons. The number of carbonyl (C=O) groups is 1. The average molecular weight is 480 g/mol. The molecule has 0 saturated carbocycles. The van der Waals surface area contributed by atoms with Crippen LogP contribution in [0, 0.1) is 0 Å². The third-order valence-electron chi connectivity index (χ3n) is 4.02. The molecule has 13 heteroatoms. The predicted octanol–water partition coefficient (Wildman–Crippen LogP) is 4.37. The Kier molecular flexibility index (Phi) is 6.66. The molecule has 2 atom stereocenters. The molecule has 1 aliphatic rings. The summed E-state index contributed by atoms with van der Waals surface area (Å²) in [6.07, 6.45) is -4.48. The van der Waals surface area contributed by atoms with Gasteiger partial charge in [0, 0.05) is 5.02 Å². The highest BCUT2D eigenvalue weighted by Gasteiger charge is 2.62. The van der Waals surface area contributed by atoms with Gasteiger partial charge in [0.05, 0.1) is 12.6 Å². The maximum absolute atomic E-state index is 14.6. The second-order valence-electron chi connectivity index (χ2n) is 7.69. The minimum absolute atomic E-state index is 0.210. The van der Waals surface area contributed by atoms with E-state index in [0.29, 0.717) is 4.90 Å². The van der Waals surface area contributed by atoms with Gasteiger partial charge in [0.1, 0.15) is 5.60 Å². The average Bonchev–Trinajstić information content (AvgIpc) is 2.76. The standard InChI is InChI=1S/C17H19ClF5NO5S/c1-15(2,3)28-14(25)24-9-16(19,20)13(29-30(26,27)17(21,22)23)12(24)8-10-5-4-6-11(18)7-10/h4-7,12-13H,8-9H2,1-3H3/t12-,13-/m0/s1. The summed E-state index contributed by atoms with van der Waals surface area (Å²) < 4.78 is 99.2. The van der Waals surface area contributed by atoms with E-state index in [4.69, 9.17) is 16.3 Å². The van der Waals surface area contributed by atoms with E-state index in [1.165, 1.54) is 45.0 Å². The van der Waals surface area contributed by atoms with Gasteiger partial charge in [-0.3, -0.25) is 9.08 Å². The first kappa shape index (κ1) is 24.6. The summed E-state index contributed by atoms with van der Waals surface area (Å²) in [5.41, 5.74) is -6.73. The van der Waals surface area contributed by atoms with Crippen molar-refractivity contribution >= 4 is 27.8 Å². The van der Waals surface area contributed by atoms with Gasteiger partial charge in [-0.25, -0.2) is 13.6 Å². The lowest BCUT2D eigenvalue weighted by Crippen LogP contribution is -2.46. The molecule has 6 nitrogen and oxygen atoms in total. The predicted molar refractivity (Wildman–Crippen MR) is 96.7 cm³/mol. The Morgan fingerprint density at radius 3 is 2.37 bits per heavy atom. The van der Waals surface area contributed by atoms with Gasteiger partial charge in [-0.15, -0.1) is 0 Å². The fraction of sp³-hybridized carbons (Fsp3) is 0.588. The van der Waals surface area contributed by atoms with Crippen molar-refractivity contribution in [2.24, 2.45) is 0 Å². The maximum atomic E-state index is 14.6. The van der Waals surface area contributed by atoms with Crippen LogP contribution in [-0.4, -0.2) is 55.1 Å². The molecule has 0 bridgehead atoms. The molecular formula is C17H19ClF5NO5S. The summed E-state index contributed by atoms with van der Waals surface area (Å²) in [6.45, 7) is 3.01. The molecule has 0 unspecified atom stereocenters. The van der Waals surface area contributed by atoms with Crippen LogP contribution in [0.2, 0.25) is 5.02 Å². The monoisotopic (exact) mass is 479 g/mol. The number of carbonyl (C=O) groups excluding carboxylic acids is 1. The Hall–Kier alpha value is -1.66. The van der Waals surface area contributed by atoms with Gasteiger partial charge in [-0.1, -0.05) is 23.7 Å². The van der Waals surface area contributed by atoms with Crippen LogP contribution >= 0.6 is 11.6 Å². The van der Waals surface area contributed by atoms with E-state index in [1.807, 2.05) is 0 Å². The Labute approximate surface area is 175 Å². The number of ether oxygens (including phenoxy) is 1. The van der Waals surface area contributed by atoms with Crippen molar-refractivity contribution in [3.8, 4) is 0 Å². The Morgan fingerprint density at radius 1 is 1.27 bits per heavy atom. The molecular weight excluding hydrogens is 461 g/mol. The molecule has 1 saturated heterocycles. The van der Waals surface area contributed by atoms with Gasteiger partial charge in [0.2, 0.25) is 0 Å². The first-order valence-electron chi connectivity index (χ1n) is 8.54. The van der Waals surface area contributed by atoms with Crippen molar-refractivity contribution in [1.29, 1.82) is 0 Å². The molecule has 1 amide bonds. The zero-order chi connectivity index (χ0) is 23.1. The van der Waals surface area contributed by atoms with Crippen LogP contribution in [0.15, 0.2) is 24.3 Å². The molecule has 1 heterocycles. The van der Waals surface area contributed by atoms with Crippen molar-refractivity contribution in [3.05, 3.63) is 34.9 Å². The van der Waals surface area contributed by atoms with Gasteiger partial charge in [0.15, 0.2) is 6.10 Å². The van der Waals surface area contributed by atoms with Crippen LogP contribution in [0.1, 0.15) is 26.3 Å². The summed E-state index contributed by atoms with van der Waals surface area (Å²) in [5.74, 6) is -4.10. The lowest BCUT2D eigenvalue weighted by atomic mass is 10.0. The highest BCUT2D eigenvalue weighted by Crippen LogP contribution is 2.40. The van der Waals surface area contributed by atoms with Gasteiger partial charge in [-0.05, 0) is 44.9 Å². The van der Waals surface area contributed by atoms with Crippen molar-refractivity contribution in [2.75, 3.05) is 6.54 Å². The van der Waals surface area contributed by atoms with Crippen molar-refractivity contribution in [2.45, 2.75) is 56.4 Å². The number of nitrogens with zero attached hydrogens (tertiary/aromatic N) is 1. The van der Waals surface area contributed by atoms with E-state index in [9.17, 15) is 35.2 Å². The van der Waals surface area contributed by atoms with E-state index in [2.05, 4.69) is 4.18 Å². The minimum Gasteiger partial charge on any atom is -0.444 e. The molecule has 1 aliphatic heterocycles. The summed E-state index contributed by atoms with van der Waals surface area (Å²) in [4.78, 5) is 12.9. The Morgan fingerprint density at radius 2 is 1.87 bits per heavy atom. The number of hydrogen-bond donors (Lipinski definition) is 0. The SMILES string of the molecule is CC(C)(C)OC(=O)N1CC(F)(F)[C@@H](OS(=O)(=O)C(F)(F)F)[C@@H]1Cc1cccc(Cl)c1. The van der Waals surface area contributed by atoms with Crippen LogP contribution in [-0.2, 0) is 25.5 Å². The van der Waals surface area contributed by atoms with E-state index < -0.39 is 58.4 Å². The third-order valence-corrected chi connectivity index (χ3v) is 5.29. The summed E-state index contributed by atoms with van der Waals surface area (Å²) in [7, 11) is -6.35. The number of likely N-dealkylation sites (tertiary alicyclic amines) is 1. The second-order valence-corrected chi connectivity index (χ2v) is 9.69. The molecule has 1 aromatic carbocycles. The molecule has 1 aromatic rings. The zero-order valence-corrected chi connectivity index (χ0v) is 17.6. The molecule has 0 aliphatic carbocycles. The van der Waals surface area contributed by atoms with E-state index in [1.54, 1.807) is 0 Å². The third kappa shape index (κ3) is 5.73. The molecule has 0 N–H and O–H groups in total. The lowest BCUT2D eigenvalue weighted by Gasteiger charge is -2.30. The molecule has 2 rings (SSSR count). The first-order valence-corrected chi connectivity index (χ1v) is 10.3.